The van der Waals surface area contributed by atoms with Crippen LogP contribution >= 0.6 is 0 Å². The van der Waals surface area contributed by atoms with Gasteiger partial charge in [0.05, 0.1) is 13.7 Å². The summed E-state index contributed by atoms with van der Waals surface area (Å²) >= 11 is 0. The number of anilines is 1. The van der Waals surface area contributed by atoms with E-state index in [1.165, 1.54) is 7.11 Å². The molecule has 92 valence electrons. The molecule has 0 fully saturated rings. The molecule has 2 N–H and O–H groups in total. The van der Waals surface area contributed by atoms with E-state index in [1.54, 1.807) is 31.2 Å². The van der Waals surface area contributed by atoms with Crippen molar-refractivity contribution in [3.05, 3.63) is 29.8 Å². The third kappa shape index (κ3) is 4.12. The maximum atomic E-state index is 11.3. The minimum absolute atomic E-state index is 0.306. The Bertz CT molecular complexity index is 389. The zero-order valence-electron chi connectivity index (χ0n) is 9.65. The van der Waals surface area contributed by atoms with E-state index in [9.17, 15) is 9.59 Å². The van der Waals surface area contributed by atoms with Crippen LogP contribution < -0.4 is 10.8 Å². The smallest absolute Gasteiger partial charge is 0.411 e. The monoisotopic (exact) mass is 238 g/mol. The molecule has 0 bridgehead atoms. The molecular weight excluding hydrogens is 224 g/mol. The number of nitrogens with one attached hydrogen (secondary N) is 2. The standard InChI is InChI=1S/C11H14N2O4/c1-3-17-11(15)12-9-6-4-8(5-7-9)10(14)13-16-2/h4-7H,3H2,1-2H3,(H,12,15)(H,13,14). The molecule has 0 heterocycles. The molecule has 0 aliphatic rings. The quantitative estimate of drug-likeness (QED) is 0.780. The van der Waals surface area contributed by atoms with E-state index in [0.717, 1.165) is 0 Å². The van der Waals surface area contributed by atoms with Crippen LogP contribution in [0, 0.1) is 0 Å². The fourth-order valence-electron chi connectivity index (χ4n) is 1.14. The summed E-state index contributed by atoms with van der Waals surface area (Å²) in [5.41, 5.74) is 3.18. The molecule has 1 aromatic carbocycles. The van der Waals surface area contributed by atoms with E-state index in [2.05, 4.69) is 15.6 Å². The minimum atomic E-state index is -0.526. The molecule has 0 radical (unpaired) electrons. The van der Waals surface area contributed by atoms with Gasteiger partial charge in [-0.1, -0.05) is 0 Å². The second-order valence-corrected chi connectivity index (χ2v) is 3.06. The van der Waals surface area contributed by atoms with Crippen LogP contribution in [0.4, 0.5) is 10.5 Å². The Morgan fingerprint density at radius 1 is 1.24 bits per heavy atom. The maximum Gasteiger partial charge on any atom is 0.411 e. The van der Waals surface area contributed by atoms with Crippen LogP contribution in [0.5, 0.6) is 0 Å². The summed E-state index contributed by atoms with van der Waals surface area (Å²) in [7, 11) is 1.36. The zero-order valence-corrected chi connectivity index (χ0v) is 9.65. The number of carbonyl (C=O) groups is 2. The Hall–Kier alpha value is -2.08. The van der Waals surface area contributed by atoms with E-state index in [-0.39, 0.29) is 5.91 Å². The first-order valence-corrected chi connectivity index (χ1v) is 5.04. The molecule has 0 spiro atoms. The SMILES string of the molecule is CCOC(=O)Nc1ccc(C(=O)NOC)cc1. The van der Waals surface area contributed by atoms with Gasteiger partial charge in [-0.3, -0.25) is 14.9 Å². The van der Waals surface area contributed by atoms with E-state index < -0.39 is 6.09 Å². The molecule has 0 saturated carbocycles. The normalized spacial score (nSPS) is 9.53. The molecule has 0 saturated heterocycles. The van der Waals surface area contributed by atoms with Crippen LogP contribution in [0.25, 0.3) is 0 Å². The summed E-state index contributed by atoms with van der Waals surface area (Å²) in [4.78, 5) is 26.9. The van der Waals surface area contributed by atoms with E-state index in [0.29, 0.717) is 17.9 Å². The molecule has 0 aromatic heterocycles. The molecule has 0 unspecified atom stereocenters. The first-order chi connectivity index (χ1) is 8.17. The first kappa shape index (κ1) is 13.0. The van der Waals surface area contributed by atoms with Crippen LogP contribution in [0.2, 0.25) is 0 Å². The van der Waals surface area contributed by atoms with Gasteiger partial charge in [0.1, 0.15) is 0 Å². The summed E-state index contributed by atoms with van der Waals surface area (Å²) in [5, 5.41) is 2.52. The van der Waals surface area contributed by atoms with Crippen LogP contribution in [-0.2, 0) is 9.57 Å². The van der Waals surface area contributed by atoms with Gasteiger partial charge in [-0.15, -0.1) is 0 Å². The van der Waals surface area contributed by atoms with Crippen molar-refractivity contribution in [2.24, 2.45) is 0 Å². The molecule has 1 rings (SSSR count). The Morgan fingerprint density at radius 3 is 2.41 bits per heavy atom. The number of amides is 2. The van der Waals surface area contributed by atoms with Crippen molar-refractivity contribution in [2.75, 3.05) is 19.0 Å². The summed E-state index contributed by atoms with van der Waals surface area (Å²) in [6.45, 7) is 2.03. The van der Waals surface area contributed by atoms with Crippen LogP contribution in [0.1, 0.15) is 17.3 Å². The molecule has 0 aliphatic carbocycles. The summed E-state index contributed by atoms with van der Waals surface area (Å²) < 4.78 is 4.71. The predicted octanol–water partition coefficient (Wildman–Crippen LogP) is 1.55. The molecule has 6 nitrogen and oxygen atoms in total. The van der Waals surface area contributed by atoms with E-state index in [1.807, 2.05) is 0 Å². The number of hydrogen-bond donors (Lipinski definition) is 2. The summed E-state index contributed by atoms with van der Waals surface area (Å²) in [6, 6.07) is 6.33. The molecule has 0 aliphatic heterocycles. The van der Waals surface area contributed by atoms with Crippen molar-refractivity contribution in [1.82, 2.24) is 5.48 Å². The molecule has 6 heteroatoms. The Balaban J connectivity index is 2.61. The highest BCUT2D eigenvalue weighted by atomic mass is 16.6. The lowest BCUT2D eigenvalue weighted by atomic mass is 10.2. The number of hydrogen-bond acceptors (Lipinski definition) is 4. The fraction of sp³-hybridized carbons (Fsp3) is 0.273. The zero-order chi connectivity index (χ0) is 12.7. The highest BCUT2D eigenvalue weighted by Gasteiger charge is 2.05. The van der Waals surface area contributed by atoms with Crippen LogP contribution in [0.15, 0.2) is 24.3 Å². The first-order valence-electron chi connectivity index (χ1n) is 5.04. The number of rotatable bonds is 4. The average Bonchev–Trinajstić information content (AvgIpc) is 2.30. The maximum absolute atomic E-state index is 11.3. The van der Waals surface area contributed by atoms with Gasteiger partial charge in [0.15, 0.2) is 0 Å². The van der Waals surface area contributed by atoms with Gasteiger partial charge < -0.3 is 4.74 Å². The number of ether oxygens (including phenoxy) is 1. The molecular formula is C11H14N2O4. The van der Waals surface area contributed by atoms with Gasteiger partial charge in [0.2, 0.25) is 0 Å². The topological polar surface area (TPSA) is 76.7 Å². The van der Waals surface area contributed by atoms with Crippen molar-refractivity contribution in [3.8, 4) is 0 Å². The molecule has 2 amide bonds. The third-order valence-electron chi connectivity index (χ3n) is 1.86. The Kier molecular flexibility index (Phi) is 4.96. The molecule has 17 heavy (non-hydrogen) atoms. The number of benzene rings is 1. The van der Waals surface area contributed by atoms with Gasteiger partial charge in [-0.2, -0.15) is 0 Å². The summed E-state index contributed by atoms with van der Waals surface area (Å²) in [6.07, 6.45) is -0.526. The van der Waals surface area contributed by atoms with Crippen LogP contribution in [-0.4, -0.2) is 25.7 Å². The van der Waals surface area contributed by atoms with Crippen molar-refractivity contribution in [1.29, 1.82) is 0 Å². The van der Waals surface area contributed by atoms with Gasteiger partial charge in [-0.05, 0) is 31.2 Å². The summed E-state index contributed by atoms with van der Waals surface area (Å²) in [5.74, 6) is -0.352. The van der Waals surface area contributed by atoms with Gasteiger partial charge >= 0.3 is 6.09 Å². The van der Waals surface area contributed by atoms with Crippen molar-refractivity contribution in [2.45, 2.75) is 6.92 Å². The highest BCUT2D eigenvalue weighted by Crippen LogP contribution is 2.09. The second-order valence-electron chi connectivity index (χ2n) is 3.06. The van der Waals surface area contributed by atoms with Crippen molar-refractivity contribution >= 4 is 17.7 Å². The molecule has 0 atom stereocenters. The predicted molar refractivity (Wildman–Crippen MR) is 61.6 cm³/mol. The lowest BCUT2D eigenvalue weighted by Gasteiger charge is -2.06. The van der Waals surface area contributed by atoms with Gasteiger partial charge in [-0.25, -0.2) is 10.3 Å². The second kappa shape index (κ2) is 6.49. The largest absolute Gasteiger partial charge is 0.450 e. The van der Waals surface area contributed by atoms with Gasteiger partial charge in [0.25, 0.3) is 5.91 Å². The lowest BCUT2D eigenvalue weighted by Crippen LogP contribution is -2.21. The van der Waals surface area contributed by atoms with E-state index >= 15 is 0 Å². The number of carbonyl (C=O) groups excluding carboxylic acids is 2. The molecule has 1 aromatic rings. The van der Waals surface area contributed by atoms with Crippen molar-refractivity contribution < 1.29 is 19.2 Å². The van der Waals surface area contributed by atoms with Crippen LogP contribution in [0.3, 0.4) is 0 Å². The fourth-order valence-corrected chi connectivity index (χ4v) is 1.14. The Morgan fingerprint density at radius 2 is 1.88 bits per heavy atom. The third-order valence-corrected chi connectivity index (χ3v) is 1.86. The minimum Gasteiger partial charge on any atom is -0.450 e. The number of hydroxylamine groups is 1. The Labute approximate surface area is 98.9 Å². The van der Waals surface area contributed by atoms with Crippen molar-refractivity contribution in [3.63, 3.8) is 0 Å². The van der Waals surface area contributed by atoms with Gasteiger partial charge in [0, 0.05) is 11.3 Å². The van der Waals surface area contributed by atoms with E-state index in [4.69, 9.17) is 4.74 Å². The average molecular weight is 238 g/mol. The highest BCUT2D eigenvalue weighted by molar-refractivity contribution is 5.94. The lowest BCUT2D eigenvalue weighted by molar-refractivity contribution is 0.0537.